The molecule has 1 saturated carbocycles. The second-order valence-electron chi connectivity index (χ2n) is 19.1. The van der Waals surface area contributed by atoms with Crippen LogP contribution in [0, 0.1) is 39.7 Å². The molecule has 1 aliphatic carbocycles. The van der Waals surface area contributed by atoms with Crippen LogP contribution in [0.4, 0.5) is 5.69 Å². The average Bonchev–Trinajstić information content (AvgIpc) is 3.28. The fourth-order valence-corrected chi connectivity index (χ4v) is 11.6. The lowest BCUT2D eigenvalue weighted by Gasteiger charge is -2.47. The van der Waals surface area contributed by atoms with Crippen molar-refractivity contribution in [1.82, 2.24) is 4.90 Å². The van der Waals surface area contributed by atoms with Gasteiger partial charge in [-0.05, 0) is 114 Å². The minimum atomic E-state index is -4.68. The number of amides is 1. The highest BCUT2D eigenvalue weighted by Gasteiger charge is 2.56. The molecule has 3 aliphatic heterocycles. The lowest BCUT2D eigenvalue weighted by molar-refractivity contribution is -0.387. The van der Waals surface area contributed by atoms with E-state index in [1.807, 2.05) is 39.8 Å². The zero-order chi connectivity index (χ0) is 48.7. The number of nitrogens with zero attached hydrogens (tertiary/aromatic N) is 2. The molecule has 0 aromatic heterocycles. The third-order valence-corrected chi connectivity index (χ3v) is 15.4. The number of carbonyl (C=O) groups is 4. The number of ketones is 2. The Kier molecular flexibility index (Phi) is 18.4. The number of ether oxygens (including phenoxy) is 4. The van der Waals surface area contributed by atoms with Crippen molar-refractivity contribution in [2.45, 2.75) is 172 Å². The van der Waals surface area contributed by atoms with Gasteiger partial charge >= 0.3 is 16.1 Å². The highest BCUT2D eigenvalue weighted by atomic mass is 32.2. The number of esters is 1. The zero-order valence-electron chi connectivity index (χ0n) is 39.6. The van der Waals surface area contributed by atoms with Gasteiger partial charge in [-0.15, -0.1) is 0 Å². The largest absolute Gasteiger partial charge is 0.456 e. The number of allylic oxidation sites excluding steroid dienone is 3. The Hall–Kier alpha value is -3.91. The maximum atomic E-state index is 14.5. The summed E-state index contributed by atoms with van der Waals surface area (Å²) in [6.07, 6.45) is 2.48. The highest BCUT2D eigenvalue weighted by Crippen LogP contribution is 2.40. The van der Waals surface area contributed by atoms with Crippen molar-refractivity contribution in [1.29, 1.82) is 0 Å². The molecule has 0 radical (unpaired) electrons. The molecule has 3 fully saturated rings. The van der Waals surface area contributed by atoms with E-state index < -0.39 is 104 Å². The number of nitro groups is 1. The molecule has 66 heavy (non-hydrogen) atoms. The molecule has 1 aromatic carbocycles. The topological polar surface area (TPSA) is 235 Å². The van der Waals surface area contributed by atoms with Gasteiger partial charge in [0.2, 0.25) is 5.79 Å². The third-order valence-electron chi connectivity index (χ3n) is 14.0. The molecule has 17 nitrogen and oxygen atoms in total. The van der Waals surface area contributed by atoms with Crippen molar-refractivity contribution in [3.8, 4) is 0 Å². The number of Topliss-reactive ketones (excluding diaryl/α,β-unsaturated/α-hetero) is 2. The summed E-state index contributed by atoms with van der Waals surface area (Å²) in [4.78, 5) is 68.3. The Balaban J connectivity index is 1.48. The Bertz CT molecular complexity index is 2090. The second-order valence-corrected chi connectivity index (χ2v) is 20.6. The normalized spacial score (nSPS) is 36.1. The molecule has 13 unspecified atom stereocenters. The Morgan fingerprint density at radius 3 is 2.33 bits per heavy atom. The minimum absolute atomic E-state index is 0.0158. The molecule has 2 saturated heterocycles. The fourth-order valence-electron chi connectivity index (χ4n) is 10.3. The molecular weight excluding hydrogens is 877 g/mol. The number of hydrogen-bond donors (Lipinski definition) is 2. The molecule has 3 heterocycles. The summed E-state index contributed by atoms with van der Waals surface area (Å²) < 4.78 is 56.5. The molecule has 368 valence electrons. The van der Waals surface area contributed by atoms with Crippen molar-refractivity contribution in [2.24, 2.45) is 29.6 Å². The van der Waals surface area contributed by atoms with E-state index in [-0.39, 0.29) is 62.2 Å². The first-order valence-corrected chi connectivity index (χ1v) is 24.8. The quantitative estimate of drug-likeness (QED) is 0.0704. The van der Waals surface area contributed by atoms with Crippen LogP contribution in [-0.2, 0) is 52.4 Å². The molecule has 2 bridgehead atoms. The summed E-state index contributed by atoms with van der Waals surface area (Å²) in [5.41, 5.74) is 0.925. The highest BCUT2D eigenvalue weighted by molar-refractivity contribution is 7.87. The predicted octanol–water partition coefficient (Wildman–Crippen LogP) is 6.17. The van der Waals surface area contributed by atoms with Gasteiger partial charge in [-0.3, -0.25) is 28.7 Å². The number of piperidine rings is 1. The Labute approximate surface area is 388 Å². The van der Waals surface area contributed by atoms with Gasteiger partial charge in [0, 0.05) is 45.1 Å². The summed E-state index contributed by atoms with van der Waals surface area (Å²) in [5.74, 6) is -7.60. The van der Waals surface area contributed by atoms with E-state index in [1.165, 1.54) is 26.4 Å². The van der Waals surface area contributed by atoms with Crippen molar-refractivity contribution in [2.75, 3.05) is 20.8 Å². The molecular formula is C48H70N2O15S. The smallest absolute Gasteiger partial charge is 0.329 e. The van der Waals surface area contributed by atoms with E-state index >= 15 is 0 Å². The summed E-state index contributed by atoms with van der Waals surface area (Å²) in [5, 5.41) is 34.6. The van der Waals surface area contributed by atoms with Crippen LogP contribution in [0.5, 0.6) is 0 Å². The number of rotatable bonds is 9. The molecule has 4 aliphatic rings. The fraction of sp³-hybridized carbons (Fsp3) is 0.708. The van der Waals surface area contributed by atoms with Crippen molar-refractivity contribution in [3.63, 3.8) is 0 Å². The van der Waals surface area contributed by atoms with Crippen molar-refractivity contribution < 1.29 is 65.9 Å². The van der Waals surface area contributed by atoms with Crippen LogP contribution >= 0.6 is 0 Å². The third kappa shape index (κ3) is 12.4. The minimum Gasteiger partial charge on any atom is -0.456 e. The van der Waals surface area contributed by atoms with Crippen LogP contribution in [0.25, 0.3) is 0 Å². The molecule has 2 N–H and O–H groups in total. The van der Waals surface area contributed by atoms with Gasteiger partial charge in [0.15, 0.2) is 4.90 Å². The van der Waals surface area contributed by atoms with E-state index in [0.29, 0.717) is 50.5 Å². The number of aliphatic hydroxyl groups excluding tert-OH is 1. The van der Waals surface area contributed by atoms with Crippen LogP contribution in [0.3, 0.4) is 0 Å². The Morgan fingerprint density at radius 1 is 0.985 bits per heavy atom. The number of aliphatic hydroxyl groups is 2. The van der Waals surface area contributed by atoms with Crippen molar-refractivity contribution >= 4 is 39.2 Å². The van der Waals surface area contributed by atoms with E-state index in [1.54, 1.807) is 13.8 Å². The number of para-hydroxylation sites is 1. The summed E-state index contributed by atoms with van der Waals surface area (Å²) in [6.45, 7) is 11.2. The zero-order valence-corrected chi connectivity index (χ0v) is 40.4. The van der Waals surface area contributed by atoms with Gasteiger partial charge in [0.05, 0.1) is 23.2 Å². The summed E-state index contributed by atoms with van der Waals surface area (Å²) >= 11 is 0. The average molecular weight is 947 g/mol. The lowest BCUT2D eigenvalue weighted by atomic mass is 9.82. The number of hydrogen-bond acceptors (Lipinski definition) is 15. The molecule has 0 spiro atoms. The number of cyclic esters (lactones) is 1. The maximum Gasteiger partial charge on any atom is 0.329 e. The van der Waals surface area contributed by atoms with Gasteiger partial charge in [-0.1, -0.05) is 57.6 Å². The van der Waals surface area contributed by atoms with Gasteiger partial charge in [0.1, 0.15) is 30.1 Å². The van der Waals surface area contributed by atoms with Gasteiger partial charge in [-0.2, -0.15) is 8.42 Å². The number of fused-ring (bicyclic) bond motifs is 3. The maximum absolute atomic E-state index is 14.5. The van der Waals surface area contributed by atoms with Crippen LogP contribution in [0.1, 0.15) is 119 Å². The number of methoxy groups -OCH3 is 2. The monoisotopic (exact) mass is 946 g/mol. The Morgan fingerprint density at radius 2 is 1.67 bits per heavy atom. The summed E-state index contributed by atoms with van der Waals surface area (Å²) in [6, 6.07) is 3.62. The van der Waals surface area contributed by atoms with Crippen LogP contribution < -0.4 is 0 Å². The van der Waals surface area contributed by atoms with Crippen LogP contribution in [-0.4, -0.2) is 121 Å². The number of nitro benzene ring substituents is 1. The first-order chi connectivity index (χ1) is 31.1. The van der Waals surface area contributed by atoms with E-state index in [9.17, 15) is 47.9 Å². The second kappa shape index (κ2) is 22.9. The van der Waals surface area contributed by atoms with Crippen molar-refractivity contribution in [3.05, 3.63) is 57.7 Å². The number of carbonyl (C=O) groups excluding carboxylic acids is 4. The lowest BCUT2D eigenvalue weighted by Crippen LogP contribution is -2.64. The van der Waals surface area contributed by atoms with Gasteiger partial charge in [-0.25, -0.2) is 4.79 Å². The first-order valence-electron chi connectivity index (χ1n) is 23.4. The molecule has 13 atom stereocenters. The molecule has 1 aromatic rings. The molecule has 5 rings (SSSR count). The SMILES string of the molecule is CCC1/C=C(\C)CC(C)CC(OC)C2OC(O)(C(=O)C(=O)N3CCCCC3C(=O)OC(C(C)=CC3CCC(O)C(OS(=O)(=O)c4ccccc4[N+](=O)[O-])C3)C(C)CCC1=O)C(C)CC2OC. The first kappa shape index (κ1) is 53.1. The number of benzene rings is 1. The van der Waals surface area contributed by atoms with Gasteiger partial charge in [0.25, 0.3) is 17.4 Å². The van der Waals surface area contributed by atoms with Gasteiger partial charge < -0.3 is 34.1 Å². The van der Waals surface area contributed by atoms with E-state index in [4.69, 9.17) is 23.1 Å². The standard InChI is InChI=1S/C48H70N2O15S/c1-9-34-23-28(2)22-29(3)24-40(61-7)44-41(62-8)26-32(6)48(56,64-44)45(53)46(54)49-21-13-12-15-36(49)47(55)63-43(30(4)17-19-37(34)51)31(5)25-33-18-20-38(52)39(27-33)65-66(59,60)42-16-11-10-14-35(42)50(57)58/h10-11,14,16,23,25,29-30,32-34,36,38-41,43-44,52,56H,9,12-13,15,17-22,24,26-27H2,1-8H3/b28-23+,31-25?. The van der Waals surface area contributed by atoms with E-state index in [0.717, 1.165) is 22.6 Å². The van der Waals surface area contributed by atoms with Crippen LogP contribution in [0.2, 0.25) is 0 Å². The molecule has 1 amide bonds. The van der Waals surface area contributed by atoms with E-state index in [2.05, 4.69) is 0 Å². The predicted molar refractivity (Wildman–Crippen MR) is 241 cm³/mol. The molecule has 18 heteroatoms. The summed E-state index contributed by atoms with van der Waals surface area (Å²) in [7, 11) is -1.64. The van der Waals surface area contributed by atoms with Crippen LogP contribution in [0.15, 0.2) is 52.5 Å².